The van der Waals surface area contributed by atoms with Gasteiger partial charge in [-0.1, -0.05) is 12.2 Å². The van der Waals surface area contributed by atoms with Gasteiger partial charge >= 0.3 is 5.97 Å². The summed E-state index contributed by atoms with van der Waals surface area (Å²) in [6.07, 6.45) is 7.56. The summed E-state index contributed by atoms with van der Waals surface area (Å²) < 4.78 is 5.12. The van der Waals surface area contributed by atoms with Gasteiger partial charge in [0.2, 0.25) is 5.91 Å². The van der Waals surface area contributed by atoms with Crippen molar-refractivity contribution in [3.63, 3.8) is 0 Å². The molecular formula is C15H22N2O4. The zero-order valence-electron chi connectivity index (χ0n) is 12.1. The van der Waals surface area contributed by atoms with Crippen molar-refractivity contribution in [2.24, 2.45) is 17.6 Å². The van der Waals surface area contributed by atoms with Gasteiger partial charge in [-0.2, -0.15) is 0 Å². The van der Waals surface area contributed by atoms with E-state index >= 15 is 0 Å². The molecule has 6 nitrogen and oxygen atoms in total. The first-order valence-corrected chi connectivity index (χ1v) is 7.46. The van der Waals surface area contributed by atoms with Crippen LogP contribution in [0.5, 0.6) is 0 Å². The molecule has 0 aromatic heterocycles. The summed E-state index contributed by atoms with van der Waals surface area (Å²) >= 11 is 0. The highest BCUT2D eigenvalue weighted by molar-refractivity contribution is 5.82. The van der Waals surface area contributed by atoms with Crippen LogP contribution in [0.1, 0.15) is 32.1 Å². The number of allylic oxidation sites excluding steroid dienone is 2. The molecule has 21 heavy (non-hydrogen) atoms. The van der Waals surface area contributed by atoms with Crippen LogP contribution in [0.25, 0.3) is 0 Å². The average molecular weight is 294 g/mol. The molecule has 6 heteroatoms. The van der Waals surface area contributed by atoms with Gasteiger partial charge in [0.25, 0.3) is 5.91 Å². The zero-order chi connectivity index (χ0) is 15.2. The van der Waals surface area contributed by atoms with Crippen LogP contribution in [0, 0.1) is 11.8 Å². The molecule has 0 saturated carbocycles. The molecule has 1 aliphatic carbocycles. The van der Waals surface area contributed by atoms with Crippen LogP contribution >= 0.6 is 0 Å². The van der Waals surface area contributed by atoms with Crippen molar-refractivity contribution in [1.29, 1.82) is 0 Å². The predicted molar refractivity (Wildman–Crippen MR) is 75.9 cm³/mol. The van der Waals surface area contributed by atoms with E-state index in [0.29, 0.717) is 32.4 Å². The van der Waals surface area contributed by atoms with Crippen molar-refractivity contribution >= 4 is 17.8 Å². The van der Waals surface area contributed by atoms with Gasteiger partial charge in [-0.05, 0) is 32.1 Å². The Morgan fingerprint density at radius 3 is 2.38 bits per heavy atom. The highest BCUT2D eigenvalue weighted by atomic mass is 16.5. The maximum Gasteiger partial charge on any atom is 0.309 e. The van der Waals surface area contributed by atoms with Crippen molar-refractivity contribution < 1.29 is 19.1 Å². The van der Waals surface area contributed by atoms with Crippen LogP contribution in [-0.2, 0) is 19.1 Å². The number of ether oxygens (including phenoxy) is 1. The quantitative estimate of drug-likeness (QED) is 0.607. The van der Waals surface area contributed by atoms with Gasteiger partial charge in [-0.15, -0.1) is 0 Å². The Kier molecular flexibility index (Phi) is 5.36. The summed E-state index contributed by atoms with van der Waals surface area (Å²) in [4.78, 5) is 36.5. The Morgan fingerprint density at radius 1 is 1.10 bits per heavy atom. The van der Waals surface area contributed by atoms with Gasteiger partial charge in [-0.3, -0.25) is 14.4 Å². The predicted octanol–water partition coefficient (Wildman–Crippen LogP) is 0.610. The standard InChI is InChI=1S/C15H22N2O4/c16-14(19)11-6-8-17(9-7-11)13(18)10-21-15(20)12-4-2-1-3-5-12/h1-2,11-12H,3-10H2,(H2,16,19). The highest BCUT2D eigenvalue weighted by Gasteiger charge is 2.27. The topological polar surface area (TPSA) is 89.7 Å². The number of rotatable bonds is 4. The number of primary amides is 1. The van der Waals surface area contributed by atoms with Gasteiger partial charge < -0.3 is 15.4 Å². The molecule has 0 aromatic rings. The second-order valence-electron chi connectivity index (χ2n) is 5.65. The minimum absolute atomic E-state index is 0.122. The third kappa shape index (κ3) is 4.31. The Bertz CT molecular complexity index is 439. The molecular weight excluding hydrogens is 272 g/mol. The highest BCUT2D eigenvalue weighted by Crippen LogP contribution is 2.20. The van der Waals surface area contributed by atoms with Crippen molar-refractivity contribution in [2.75, 3.05) is 19.7 Å². The number of nitrogens with two attached hydrogens (primary N) is 1. The van der Waals surface area contributed by atoms with E-state index in [9.17, 15) is 14.4 Å². The fourth-order valence-electron chi connectivity index (χ4n) is 2.76. The zero-order valence-corrected chi connectivity index (χ0v) is 12.1. The van der Waals surface area contributed by atoms with Crippen LogP contribution < -0.4 is 5.73 Å². The molecule has 2 amide bonds. The summed E-state index contributed by atoms with van der Waals surface area (Å²) in [6, 6.07) is 0. The van der Waals surface area contributed by atoms with E-state index < -0.39 is 0 Å². The van der Waals surface area contributed by atoms with E-state index in [4.69, 9.17) is 10.5 Å². The molecule has 0 radical (unpaired) electrons. The van der Waals surface area contributed by atoms with Gasteiger partial charge in [0.15, 0.2) is 6.61 Å². The van der Waals surface area contributed by atoms with E-state index in [2.05, 4.69) is 6.08 Å². The summed E-state index contributed by atoms with van der Waals surface area (Å²) in [5.41, 5.74) is 5.25. The molecule has 2 aliphatic rings. The summed E-state index contributed by atoms with van der Waals surface area (Å²) in [6.45, 7) is 0.784. The normalized spacial score (nSPS) is 22.9. The van der Waals surface area contributed by atoms with Crippen molar-refractivity contribution in [1.82, 2.24) is 4.90 Å². The fraction of sp³-hybridized carbons (Fsp3) is 0.667. The number of carbonyl (C=O) groups excluding carboxylic acids is 3. The van der Waals surface area contributed by atoms with Crippen molar-refractivity contribution in [3.8, 4) is 0 Å². The second kappa shape index (κ2) is 7.24. The Morgan fingerprint density at radius 2 is 1.81 bits per heavy atom. The lowest BCUT2D eigenvalue weighted by atomic mass is 9.95. The maximum atomic E-state index is 12.0. The Labute approximate surface area is 124 Å². The third-order valence-corrected chi connectivity index (χ3v) is 4.19. The number of amides is 2. The van der Waals surface area contributed by atoms with Crippen LogP contribution in [0.2, 0.25) is 0 Å². The van der Waals surface area contributed by atoms with Gasteiger partial charge in [-0.25, -0.2) is 0 Å². The van der Waals surface area contributed by atoms with Crippen LogP contribution in [-0.4, -0.2) is 42.4 Å². The third-order valence-electron chi connectivity index (χ3n) is 4.19. The fourth-order valence-corrected chi connectivity index (χ4v) is 2.76. The minimum atomic E-state index is -0.307. The van der Waals surface area contributed by atoms with Crippen LogP contribution in [0.4, 0.5) is 0 Å². The first-order valence-electron chi connectivity index (χ1n) is 7.46. The smallest absolute Gasteiger partial charge is 0.309 e. The van der Waals surface area contributed by atoms with E-state index in [0.717, 1.165) is 12.8 Å². The molecule has 2 N–H and O–H groups in total. The molecule has 0 spiro atoms. The van der Waals surface area contributed by atoms with Crippen molar-refractivity contribution in [2.45, 2.75) is 32.1 Å². The number of likely N-dealkylation sites (tertiary alicyclic amines) is 1. The summed E-state index contributed by atoms with van der Waals surface area (Å²) in [5, 5.41) is 0. The number of carbonyl (C=O) groups is 3. The van der Waals surface area contributed by atoms with Crippen LogP contribution in [0.15, 0.2) is 12.2 Å². The van der Waals surface area contributed by atoms with Gasteiger partial charge in [0, 0.05) is 19.0 Å². The number of hydrogen-bond acceptors (Lipinski definition) is 4. The van der Waals surface area contributed by atoms with E-state index in [-0.39, 0.29) is 36.2 Å². The minimum Gasteiger partial charge on any atom is -0.455 e. The molecule has 1 heterocycles. The van der Waals surface area contributed by atoms with E-state index in [1.807, 2.05) is 6.08 Å². The average Bonchev–Trinajstić information content (AvgIpc) is 2.53. The second-order valence-corrected chi connectivity index (χ2v) is 5.65. The van der Waals surface area contributed by atoms with E-state index in [1.165, 1.54) is 0 Å². The monoisotopic (exact) mass is 294 g/mol. The Balaban J connectivity index is 1.71. The summed E-state index contributed by atoms with van der Waals surface area (Å²) in [5.74, 6) is -1.06. The molecule has 1 unspecified atom stereocenters. The van der Waals surface area contributed by atoms with Crippen molar-refractivity contribution in [3.05, 3.63) is 12.2 Å². The summed E-state index contributed by atoms with van der Waals surface area (Å²) in [7, 11) is 0. The number of piperidine rings is 1. The SMILES string of the molecule is NC(=O)C1CCN(C(=O)COC(=O)C2CC=CCC2)CC1. The largest absolute Gasteiger partial charge is 0.455 e. The lowest BCUT2D eigenvalue weighted by molar-refractivity contribution is -0.156. The molecule has 1 atom stereocenters. The van der Waals surface area contributed by atoms with E-state index in [1.54, 1.807) is 4.90 Å². The van der Waals surface area contributed by atoms with Gasteiger partial charge in [0.05, 0.1) is 5.92 Å². The lowest BCUT2D eigenvalue weighted by Crippen LogP contribution is -2.43. The molecule has 2 rings (SSSR count). The number of esters is 1. The molecule has 1 aliphatic heterocycles. The molecule has 0 bridgehead atoms. The first-order chi connectivity index (χ1) is 10.1. The number of nitrogens with zero attached hydrogens (tertiary/aromatic N) is 1. The molecule has 1 fully saturated rings. The van der Waals surface area contributed by atoms with Crippen LogP contribution in [0.3, 0.4) is 0 Å². The lowest BCUT2D eigenvalue weighted by Gasteiger charge is -2.30. The molecule has 0 aromatic carbocycles. The molecule has 1 saturated heterocycles. The Hall–Kier alpha value is -1.85. The molecule has 116 valence electrons. The first kappa shape index (κ1) is 15.5. The maximum absolute atomic E-state index is 12.0. The number of hydrogen-bond donors (Lipinski definition) is 1. The van der Waals surface area contributed by atoms with Gasteiger partial charge in [0.1, 0.15) is 0 Å².